The molecule has 1 atom stereocenters. The molecule has 3 N–H and O–H groups in total. The van der Waals surface area contributed by atoms with Crippen LogP contribution in [0.2, 0.25) is 0 Å². The zero-order chi connectivity index (χ0) is 19.2. The average molecular weight is 419 g/mol. The number of nitrogens with zero attached hydrogens (tertiary/aromatic N) is 2. The third-order valence-corrected chi connectivity index (χ3v) is 6.22. The lowest BCUT2D eigenvalue weighted by atomic mass is 9.97. The molecule has 1 unspecified atom stereocenters. The molecule has 152 valence electrons. The molecule has 2 amide bonds. The Bertz CT molecular complexity index is 730. The second kappa shape index (κ2) is 10.6. The maximum absolute atomic E-state index is 12.5. The predicted molar refractivity (Wildman–Crippen MR) is 105 cm³/mol. The summed E-state index contributed by atoms with van der Waals surface area (Å²) in [5, 5.41) is 2.74. The summed E-state index contributed by atoms with van der Waals surface area (Å²) in [7, 11) is -2.34. The molecule has 1 aromatic rings. The van der Waals surface area contributed by atoms with E-state index in [0.29, 0.717) is 39.0 Å². The lowest BCUT2D eigenvalue weighted by Gasteiger charge is -2.33. The number of nitrogens with one attached hydrogen (secondary N) is 1. The molecule has 8 nitrogen and oxygen atoms in total. The van der Waals surface area contributed by atoms with E-state index in [-0.39, 0.29) is 41.6 Å². The number of sulfonamides is 1. The van der Waals surface area contributed by atoms with Gasteiger partial charge in [0.15, 0.2) is 0 Å². The molecule has 10 heteroatoms. The molecule has 0 aliphatic carbocycles. The van der Waals surface area contributed by atoms with E-state index in [1.165, 1.54) is 19.2 Å². The SMILES string of the molecule is CN(CC(=O)N1CCCC(C(=O)NCCN)C1)S(=O)(=O)c1ccccc1.Cl. The lowest BCUT2D eigenvalue weighted by Crippen LogP contribution is -2.49. The van der Waals surface area contributed by atoms with Crippen molar-refractivity contribution >= 4 is 34.2 Å². The molecule has 0 radical (unpaired) electrons. The number of piperidine rings is 1. The first-order valence-electron chi connectivity index (χ1n) is 8.63. The van der Waals surface area contributed by atoms with Gasteiger partial charge in [-0.15, -0.1) is 12.4 Å². The first-order chi connectivity index (χ1) is 12.4. The Morgan fingerprint density at radius 1 is 1.30 bits per heavy atom. The summed E-state index contributed by atoms with van der Waals surface area (Å²) in [6.45, 7) is 1.34. The number of likely N-dealkylation sites (tertiary alicyclic amines) is 1. The second-order valence-corrected chi connectivity index (χ2v) is 8.38. The molecule has 27 heavy (non-hydrogen) atoms. The van der Waals surface area contributed by atoms with Crippen molar-refractivity contribution in [2.45, 2.75) is 17.7 Å². The molecule has 1 fully saturated rings. The maximum atomic E-state index is 12.5. The molecule has 0 aromatic heterocycles. The first-order valence-corrected chi connectivity index (χ1v) is 10.1. The fourth-order valence-corrected chi connectivity index (χ4v) is 4.05. The highest BCUT2D eigenvalue weighted by molar-refractivity contribution is 7.89. The number of halogens is 1. The van der Waals surface area contributed by atoms with Crippen molar-refractivity contribution in [2.75, 3.05) is 39.8 Å². The summed E-state index contributed by atoms with van der Waals surface area (Å²) in [5.41, 5.74) is 5.38. The molecule has 1 saturated heterocycles. The second-order valence-electron chi connectivity index (χ2n) is 6.33. The molecule has 0 bridgehead atoms. The Balaban J connectivity index is 0.00000364. The van der Waals surface area contributed by atoms with Crippen LogP contribution in [0.15, 0.2) is 35.2 Å². The summed E-state index contributed by atoms with van der Waals surface area (Å²) in [5.74, 6) is -0.697. The molecule has 2 rings (SSSR count). The summed E-state index contributed by atoms with van der Waals surface area (Å²) < 4.78 is 26.1. The summed E-state index contributed by atoms with van der Waals surface area (Å²) >= 11 is 0. The number of hydrogen-bond donors (Lipinski definition) is 2. The number of hydrogen-bond acceptors (Lipinski definition) is 5. The van der Waals surface area contributed by atoms with Gasteiger partial charge in [-0.2, -0.15) is 4.31 Å². The van der Waals surface area contributed by atoms with Crippen LogP contribution in [0.5, 0.6) is 0 Å². The Morgan fingerprint density at radius 2 is 1.96 bits per heavy atom. The van der Waals surface area contributed by atoms with Crippen molar-refractivity contribution in [3.63, 3.8) is 0 Å². The number of amides is 2. The highest BCUT2D eigenvalue weighted by Crippen LogP contribution is 2.18. The minimum Gasteiger partial charge on any atom is -0.355 e. The van der Waals surface area contributed by atoms with Gasteiger partial charge in [0, 0.05) is 33.2 Å². The molecule has 0 spiro atoms. The van der Waals surface area contributed by atoms with Crippen molar-refractivity contribution in [3.05, 3.63) is 30.3 Å². The van der Waals surface area contributed by atoms with Gasteiger partial charge in [-0.1, -0.05) is 18.2 Å². The third-order valence-electron chi connectivity index (χ3n) is 4.40. The smallest absolute Gasteiger partial charge is 0.243 e. The molecular weight excluding hydrogens is 392 g/mol. The topological polar surface area (TPSA) is 113 Å². The molecule has 1 aliphatic rings. The van der Waals surface area contributed by atoms with Gasteiger partial charge in [0.2, 0.25) is 21.8 Å². The Hall–Kier alpha value is -1.68. The van der Waals surface area contributed by atoms with Crippen LogP contribution in [0.3, 0.4) is 0 Å². The van der Waals surface area contributed by atoms with E-state index < -0.39 is 10.0 Å². The van der Waals surface area contributed by atoms with Gasteiger partial charge in [0.25, 0.3) is 0 Å². The van der Waals surface area contributed by atoms with Crippen LogP contribution < -0.4 is 11.1 Å². The minimum atomic E-state index is -3.72. The van der Waals surface area contributed by atoms with Gasteiger partial charge in [0.05, 0.1) is 17.4 Å². The van der Waals surface area contributed by atoms with E-state index in [1.807, 2.05) is 0 Å². The normalized spacial score (nSPS) is 17.3. The first kappa shape index (κ1) is 23.4. The highest BCUT2D eigenvalue weighted by atomic mass is 35.5. The van der Waals surface area contributed by atoms with Crippen molar-refractivity contribution in [3.8, 4) is 0 Å². The molecule has 1 aromatic carbocycles. The van der Waals surface area contributed by atoms with Crippen molar-refractivity contribution in [1.82, 2.24) is 14.5 Å². The van der Waals surface area contributed by atoms with Crippen LogP contribution >= 0.6 is 12.4 Å². The lowest BCUT2D eigenvalue weighted by molar-refractivity contribution is -0.135. The molecular formula is C17H27ClN4O4S. The van der Waals surface area contributed by atoms with Gasteiger partial charge in [-0.3, -0.25) is 9.59 Å². The fraction of sp³-hybridized carbons (Fsp3) is 0.529. The van der Waals surface area contributed by atoms with Crippen molar-refractivity contribution in [2.24, 2.45) is 11.7 Å². The van der Waals surface area contributed by atoms with Gasteiger partial charge < -0.3 is 16.0 Å². The number of likely N-dealkylation sites (N-methyl/N-ethyl adjacent to an activating group) is 1. The van der Waals surface area contributed by atoms with Crippen LogP contribution in [0, 0.1) is 5.92 Å². The van der Waals surface area contributed by atoms with Gasteiger partial charge in [-0.05, 0) is 25.0 Å². The zero-order valence-corrected chi connectivity index (χ0v) is 17.0. The van der Waals surface area contributed by atoms with Crippen molar-refractivity contribution < 1.29 is 18.0 Å². The average Bonchev–Trinajstić information content (AvgIpc) is 2.66. The summed E-state index contributed by atoms with van der Waals surface area (Å²) in [6, 6.07) is 7.99. The van der Waals surface area contributed by atoms with Crippen LogP contribution in [0.4, 0.5) is 0 Å². The standard InChI is InChI=1S/C17H26N4O4S.ClH/c1-20(26(24,25)15-7-3-2-4-8-15)13-16(22)21-11-5-6-14(12-21)17(23)19-10-9-18;/h2-4,7-8,14H,5-6,9-13,18H2,1H3,(H,19,23);1H. The third kappa shape index (κ3) is 6.17. The van der Waals surface area contributed by atoms with Gasteiger partial charge in [0.1, 0.15) is 0 Å². The summed E-state index contributed by atoms with van der Waals surface area (Å²) in [4.78, 5) is 26.3. The number of benzene rings is 1. The quantitative estimate of drug-likeness (QED) is 0.649. The van der Waals surface area contributed by atoms with E-state index in [4.69, 9.17) is 5.73 Å². The van der Waals surface area contributed by atoms with E-state index in [2.05, 4.69) is 5.32 Å². The Morgan fingerprint density at radius 3 is 2.59 bits per heavy atom. The minimum absolute atomic E-state index is 0. The summed E-state index contributed by atoms with van der Waals surface area (Å²) in [6.07, 6.45) is 1.42. The number of carbonyl (C=O) groups is 2. The molecule has 1 aliphatic heterocycles. The fourth-order valence-electron chi connectivity index (χ4n) is 2.91. The van der Waals surface area contributed by atoms with E-state index in [1.54, 1.807) is 23.1 Å². The number of rotatable bonds is 7. The van der Waals surface area contributed by atoms with E-state index >= 15 is 0 Å². The maximum Gasteiger partial charge on any atom is 0.243 e. The van der Waals surface area contributed by atoms with Crippen LogP contribution in [0.1, 0.15) is 12.8 Å². The van der Waals surface area contributed by atoms with Crippen LogP contribution in [-0.2, 0) is 19.6 Å². The molecule has 1 heterocycles. The van der Waals surface area contributed by atoms with E-state index in [0.717, 1.165) is 4.31 Å². The zero-order valence-electron chi connectivity index (χ0n) is 15.3. The predicted octanol–water partition coefficient (Wildman–Crippen LogP) is 0.0424. The van der Waals surface area contributed by atoms with Crippen LogP contribution in [0.25, 0.3) is 0 Å². The van der Waals surface area contributed by atoms with Crippen LogP contribution in [-0.4, -0.2) is 69.2 Å². The highest BCUT2D eigenvalue weighted by Gasteiger charge is 2.30. The Kier molecular flexibility index (Phi) is 9.17. The van der Waals surface area contributed by atoms with Gasteiger partial charge >= 0.3 is 0 Å². The van der Waals surface area contributed by atoms with Gasteiger partial charge in [-0.25, -0.2) is 8.42 Å². The molecule has 0 saturated carbocycles. The number of nitrogens with two attached hydrogens (primary N) is 1. The Labute approximate surface area is 166 Å². The van der Waals surface area contributed by atoms with E-state index in [9.17, 15) is 18.0 Å². The van der Waals surface area contributed by atoms with Crippen molar-refractivity contribution in [1.29, 1.82) is 0 Å². The monoisotopic (exact) mass is 418 g/mol. The largest absolute Gasteiger partial charge is 0.355 e. The number of carbonyl (C=O) groups excluding carboxylic acids is 2.